The molecule has 5 rings (SSSR count). The number of carbonyl (C=O) groups is 17. The van der Waals surface area contributed by atoms with E-state index in [1.807, 2.05) is 0 Å². The maximum Gasteiger partial charge on any atom is 0.311 e. The van der Waals surface area contributed by atoms with Crippen molar-refractivity contribution >= 4 is 101 Å². The predicted octanol–water partition coefficient (Wildman–Crippen LogP) is 4.01. The molecule has 0 bridgehead atoms. The number of hydrogen-bond donors (Lipinski definition) is 6. The summed E-state index contributed by atoms with van der Waals surface area (Å²) < 4.78 is 179. The highest BCUT2D eigenvalue weighted by atomic mass is 19.2. The lowest BCUT2D eigenvalue weighted by molar-refractivity contribution is -0.277. The van der Waals surface area contributed by atoms with Gasteiger partial charge >= 0.3 is 59.7 Å². The van der Waals surface area contributed by atoms with Crippen LogP contribution in [0.15, 0.2) is 11.6 Å². The van der Waals surface area contributed by atoms with Crippen LogP contribution in [0.2, 0.25) is 0 Å². The molecule has 0 saturated carbocycles. The van der Waals surface area contributed by atoms with Gasteiger partial charge in [-0.25, -0.2) is 13.2 Å². The van der Waals surface area contributed by atoms with Crippen LogP contribution in [0, 0.1) is 29.1 Å². The van der Waals surface area contributed by atoms with Crippen LogP contribution in [-0.4, -0.2) is 309 Å². The van der Waals surface area contributed by atoms with Gasteiger partial charge in [-0.05, 0) is 57.4 Å². The van der Waals surface area contributed by atoms with E-state index in [2.05, 4.69) is 36.6 Å². The number of benzene rings is 1. The Morgan fingerprint density at radius 2 is 0.657 bits per heavy atom. The monoisotopic (exact) mass is 1970 g/mol. The Labute approximate surface area is 789 Å². The average Bonchev–Trinajstić information content (AvgIpc) is 0.799. The number of likely N-dealkylation sites (N-methyl/N-ethyl adjacent to an activating group) is 1. The fourth-order valence-corrected chi connectivity index (χ4v) is 15.0. The van der Waals surface area contributed by atoms with E-state index < -0.39 is 272 Å². The molecule has 0 aromatic heterocycles. The summed E-state index contributed by atoms with van der Waals surface area (Å²) in [5.74, 6) is -25.2. The third-order valence-corrected chi connectivity index (χ3v) is 21.0. The molecular formula is C89H130F5N7O36. The molecule has 7 amide bonds. The fraction of sp³-hybridized carbons (Fsp3) is 0.719. The molecule has 0 spiro atoms. The standard InChI is InChI=1S/C89H130F5N7O36/c1-48(102)98-75-83(131-57(10)111)79(128-54(7)108)63(45-125-51(4)105)134-87(75)122-37-26-17-14-22-33-95-66(114)30-40-119-61-43-60(86(118)101(13)36-25-20-21-29-69(117)137-82-73(93)71(91)70(90)72(92)74(82)94)44-62(120-41-31-67(115)96-34-23-15-18-27-38-123-88-76(99-49(2)103)84(132-58(11)112)80(129-55(8)109)64(135-88)46-126-52(5)106)78(61)121-42-32-68(116)97-35-24-16-19-28-39-124-89-77(100-50(3)104)85(133-59(12)113)81(130-56(9)110)65(136-89)47-127-53(6)107/h43,61-65,75-81,83-85,87-89H,14-42,44-47H2,1-13H3,(H,95,114)(H,96,115)(H,97,116)(H,98,102)(H,99,103)(H,100,104)/t61-,62-,63-,64-,65-,75-,76-,77-,78-,79+,80+,81+,83-,84-,85-,87-,88-,89-/m1/s1. The van der Waals surface area contributed by atoms with Crippen molar-refractivity contribution in [2.45, 2.75) is 322 Å². The number of rotatable bonds is 59. The molecule has 1 aromatic rings. The van der Waals surface area contributed by atoms with Crippen LogP contribution >= 0.6 is 0 Å². The van der Waals surface area contributed by atoms with Crippen LogP contribution in [0.3, 0.4) is 0 Å². The molecule has 0 unspecified atom stereocenters. The Bertz CT molecular complexity index is 4200. The van der Waals surface area contributed by atoms with Gasteiger partial charge < -0.3 is 127 Å². The summed E-state index contributed by atoms with van der Waals surface area (Å²) in [5.41, 5.74) is 0.120. The topological polar surface area (TPSA) is 541 Å². The normalized spacial score (nSPS) is 23.3. The summed E-state index contributed by atoms with van der Waals surface area (Å²) in [7, 11) is 1.46. The van der Waals surface area contributed by atoms with Crippen molar-refractivity contribution in [1.29, 1.82) is 0 Å². The van der Waals surface area contributed by atoms with Gasteiger partial charge in [-0.1, -0.05) is 44.9 Å². The second-order valence-electron chi connectivity index (χ2n) is 32.7. The number of amides is 7. The first-order valence-corrected chi connectivity index (χ1v) is 45.4. The highest BCUT2D eigenvalue weighted by molar-refractivity contribution is 5.93. The molecule has 3 heterocycles. The molecule has 3 aliphatic heterocycles. The van der Waals surface area contributed by atoms with Crippen LogP contribution in [0.5, 0.6) is 5.75 Å². The second kappa shape index (κ2) is 61.5. The van der Waals surface area contributed by atoms with Crippen LogP contribution in [-0.2, 0) is 167 Å². The Kier molecular flexibility index (Phi) is 52.4. The molecule has 772 valence electrons. The van der Waals surface area contributed by atoms with Gasteiger partial charge in [0, 0.05) is 174 Å². The molecule has 1 aromatic carbocycles. The van der Waals surface area contributed by atoms with E-state index >= 15 is 0 Å². The molecule has 137 heavy (non-hydrogen) atoms. The maximum absolute atomic E-state index is 14.6. The largest absolute Gasteiger partial charge is 0.463 e. The van der Waals surface area contributed by atoms with E-state index in [0.29, 0.717) is 77.0 Å². The van der Waals surface area contributed by atoms with Crippen LogP contribution < -0.4 is 36.6 Å². The highest BCUT2D eigenvalue weighted by Gasteiger charge is 2.55. The van der Waals surface area contributed by atoms with Crippen molar-refractivity contribution < 1.29 is 193 Å². The van der Waals surface area contributed by atoms with E-state index in [9.17, 15) is 103 Å². The Morgan fingerprint density at radius 3 is 0.993 bits per heavy atom. The van der Waals surface area contributed by atoms with Crippen molar-refractivity contribution in [2.24, 2.45) is 0 Å². The van der Waals surface area contributed by atoms with Crippen molar-refractivity contribution in [1.82, 2.24) is 36.8 Å². The number of hydrogen-bond acceptors (Lipinski definition) is 36. The Morgan fingerprint density at radius 1 is 0.343 bits per heavy atom. The van der Waals surface area contributed by atoms with E-state index in [1.165, 1.54) is 38.8 Å². The summed E-state index contributed by atoms with van der Waals surface area (Å²) in [6, 6.07) is -3.54. The van der Waals surface area contributed by atoms with Gasteiger partial charge in [-0.2, -0.15) is 8.78 Å². The Balaban J connectivity index is 1.28. The quantitative estimate of drug-likeness (QED) is 0.0102. The summed E-state index contributed by atoms with van der Waals surface area (Å²) >= 11 is 0. The van der Waals surface area contributed by atoms with Gasteiger partial charge in [0.2, 0.25) is 76.2 Å². The van der Waals surface area contributed by atoms with Gasteiger partial charge in [0.25, 0.3) is 0 Å². The van der Waals surface area contributed by atoms with Crippen LogP contribution in [0.4, 0.5) is 22.0 Å². The van der Waals surface area contributed by atoms with Crippen molar-refractivity contribution in [2.75, 3.05) is 92.7 Å². The lowest BCUT2D eigenvalue weighted by Crippen LogP contribution is -2.66. The molecule has 6 N–H and O–H groups in total. The number of nitrogens with one attached hydrogen (secondary N) is 6. The first-order chi connectivity index (χ1) is 65.0. The van der Waals surface area contributed by atoms with E-state index in [4.69, 9.17) is 85.3 Å². The summed E-state index contributed by atoms with van der Waals surface area (Å²) in [6.45, 7) is 12.4. The number of nitrogens with zero attached hydrogens (tertiary/aromatic N) is 1. The fourth-order valence-electron chi connectivity index (χ4n) is 15.0. The van der Waals surface area contributed by atoms with Crippen molar-refractivity contribution in [3.63, 3.8) is 0 Å². The lowest BCUT2D eigenvalue weighted by atomic mass is 9.90. The van der Waals surface area contributed by atoms with E-state index in [-0.39, 0.29) is 116 Å². The zero-order chi connectivity index (χ0) is 102. The van der Waals surface area contributed by atoms with Crippen LogP contribution in [0.1, 0.15) is 212 Å². The number of carbonyl (C=O) groups excluding carboxylic acids is 17. The smallest absolute Gasteiger partial charge is 0.311 e. The Hall–Kier alpha value is -10.8. The van der Waals surface area contributed by atoms with E-state index in [1.54, 1.807) is 0 Å². The van der Waals surface area contributed by atoms with Gasteiger partial charge in [-0.15, -0.1) is 0 Å². The van der Waals surface area contributed by atoms with Crippen LogP contribution in [0.25, 0.3) is 0 Å². The first-order valence-electron chi connectivity index (χ1n) is 45.4. The molecular weight excluding hydrogens is 1840 g/mol. The minimum atomic E-state index is -2.45. The highest BCUT2D eigenvalue weighted by Crippen LogP contribution is 2.35. The minimum absolute atomic E-state index is 0.0215. The molecule has 0 radical (unpaired) electrons. The van der Waals surface area contributed by atoms with Crippen molar-refractivity contribution in [3.05, 3.63) is 40.7 Å². The summed E-state index contributed by atoms with van der Waals surface area (Å²) in [6.07, 6.45) is -12.2. The maximum atomic E-state index is 14.6. The van der Waals surface area contributed by atoms with Gasteiger partial charge in [0.1, 0.15) is 68.5 Å². The van der Waals surface area contributed by atoms with E-state index in [0.717, 1.165) is 62.3 Å². The molecule has 3 saturated heterocycles. The lowest BCUT2D eigenvalue weighted by Gasteiger charge is -2.44. The number of ether oxygens (including phenoxy) is 19. The summed E-state index contributed by atoms with van der Waals surface area (Å²) in [4.78, 5) is 216. The zero-order valence-corrected chi connectivity index (χ0v) is 79.3. The third-order valence-electron chi connectivity index (χ3n) is 21.0. The summed E-state index contributed by atoms with van der Waals surface area (Å²) in [5, 5.41) is 16.5. The van der Waals surface area contributed by atoms with Gasteiger partial charge in [0.15, 0.2) is 55.5 Å². The first kappa shape index (κ1) is 117. The number of halogens is 5. The van der Waals surface area contributed by atoms with Gasteiger partial charge in [-0.3, -0.25) is 81.5 Å². The zero-order valence-electron chi connectivity index (χ0n) is 79.3. The van der Waals surface area contributed by atoms with Gasteiger partial charge in [0.05, 0.1) is 25.9 Å². The number of unbranched alkanes of at least 4 members (excludes halogenated alkanes) is 11. The molecule has 3 fully saturated rings. The third kappa shape index (κ3) is 42.6. The average molecular weight is 1970 g/mol. The SMILES string of the molecule is CC(=O)N[C@H]1[C@H](OCCCCCCNC(=O)CCO[C@@H]2[C@H](OCCC(=O)NCCCCCCO[C@@H]3O[C@H](COC(C)=O)[C@H](OC(C)=O)[C@H](OC(C)=O)[C@H]3NC(C)=O)C=C(C(=O)N(C)CCCCCC(=O)Oc3c(F)c(F)c(F)c(F)c3F)C[C@H]2OCCC(=O)NCCCCCCO[C@@H]2O[C@H](COC(C)=O)[C@H](OC(C)=O)[C@H](OC(C)=O)[C@H]2NC(C)=O)O[C@H](COC(C)=O)[C@H](OC(C)=O)[C@@H]1OC(C)=O. The molecule has 48 heteroatoms. The number of esters is 10. The second-order valence-corrected chi connectivity index (χ2v) is 32.7. The molecule has 43 nitrogen and oxygen atoms in total. The van der Waals surface area contributed by atoms with Crippen molar-refractivity contribution in [3.8, 4) is 5.75 Å². The minimum Gasteiger partial charge on any atom is -0.463 e. The predicted molar refractivity (Wildman–Crippen MR) is 458 cm³/mol. The molecule has 4 aliphatic rings. The molecule has 1 aliphatic carbocycles. The molecule has 18 atom stereocenters.